The van der Waals surface area contributed by atoms with Crippen LogP contribution >= 0.6 is 11.8 Å². The van der Waals surface area contributed by atoms with E-state index >= 15 is 0 Å². The molecule has 0 aliphatic heterocycles. The second-order valence-corrected chi connectivity index (χ2v) is 7.00. The van der Waals surface area contributed by atoms with Crippen LogP contribution in [0.1, 0.15) is 11.1 Å². The summed E-state index contributed by atoms with van der Waals surface area (Å²) in [7, 11) is 0. The molecule has 0 atom stereocenters. The minimum absolute atomic E-state index is 0.893. The monoisotopic (exact) mass is 329 g/mol. The number of benzene rings is 3. The lowest BCUT2D eigenvalue weighted by Crippen LogP contribution is -2.01. The lowest BCUT2D eigenvalue weighted by Gasteiger charge is -2.11. The van der Waals surface area contributed by atoms with Gasteiger partial charge in [-0.3, -0.25) is 0 Å². The molecule has 4 aromatic rings. The van der Waals surface area contributed by atoms with Crippen molar-refractivity contribution in [3.63, 3.8) is 0 Å². The van der Waals surface area contributed by atoms with Crippen LogP contribution in [0.2, 0.25) is 0 Å². The van der Waals surface area contributed by atoms with E-state index in [2.05, 4.69) is 96.4 Å². The number of rotatable bonds is 4. The maximum atomic E-state index is 2.44. The lowest BCUT2D eigenvalue weighted by molar-refractivity contribution is 0.755. The van der Waals surface area contributed by atoms with Crippen molar-refractivity contribution in [3.05, 3.63) is 96.1 Å². The van der Waals surface area contributed by atoms with E-state index in [1.807, 2.05) is 11.8 Å². The van der Waals surface area contributed by atoms with E-state index in [0.29, 0.717) is 0 Å². The maximum absolute atomic E-state index is 2.44. The Morgan fingerprint density at radius 1 is 0.750 bits per heavy atom. The molecular formula is C22H19NS. The van der Waals surface area contributed by atoms with Crippen LogP contribution in [0.25, 0.3) is 10.9 Å². The fourth-order valence-corrected chi connectivity index (χ4v) is 4.16. The molecule has 0 saturated carbocycles. The molecule has 0 radical (unpaired) electrons. The average Bonchev–Trinajstić information content (AvgIpc) is 2.90. The minimum atomic E-state index is 0.893. The zero-order valence-corrected chi connectivity index (χ0v) is 14.5. The summed E-state index contributed by atoms with van der Waals surface area (Å²) in [5, 5.41) is 2.66. The van der Waals surface area contributed by atoms with E-state index in [-0.39, 0.29) is 0 Å². The normalized spacial score (nSPS) is 11.0. The van der Waals surface area contributed by atoms with Gasteiger partial charge in [0.2, 0.25) is 0 Å². The number of hydrogen-bond acceptors (Lipinski definition) is 1. The zero-order valence-electron chi connectivity index (χ0n) is 13.6. The Bertz CT molecular complexity index is 955. The first-order valence-corrected chi connectivity index (χ1v) is 8.99. The van der Waals surface area contributed by atoms with Gasteiger partial charge in [-0.15, -0.1) is 0 Å². The van der Waals surface area contributed by atoms with E-state index < -0.39 is 0 Å². The zero-order chi connectivity index (χ0) is 16.4. The van der Waals surface area contributed by atoms with Gasteiger partial charge < -0.3 is 4.57 Å². The molecule has 0 bridgehead atoms. The summed E-state index contributed by atoms with van der Waals surface area (Å²) < 4.78 is 2.44. The van der Waals surface area contributed by atoms with Gasteiger partial charge in [0.15, 0.2) is 0 Å². The Labute approximate surface area is 146 Å². The van der Waals surface area contributed by atoms with Crippen LogP contribution in [0.4, 0.5) is 0 Å². The van der Waals surface area contributed by atoms with Crippen molar-refractivity contribution < 1.29 is 0 Å². The number of para-hydroxylation sites is 1. The molecule has 118 valence electrons. The number of aromatic nitrogens is 1. The first-order valence-electron chi connectivity index (χ1n) is 8.17. The molecule has 0 N–H and O–H groups in total. The molecule has 4 rings (SSSR count). The molecule has 0 aliphatic rings. The Morgan fingerprint density at radius 2 is 1.38 bits per heavy atom. The smallest absolute Gasteiger partial charge is 0.0840 e. The molecule has 0 amide bonds. The van der Waals surface area contributed by atoms with E-state index in [0.717, 1.165) is 6.54 Å². The second kappa shape index (κ2) is 6.58. The van der Waals surface area contributed by atoms with Gasteiger partial charge in [0.25, 0.3) is 0 Å². The summed E-state index contributed by atoms with van der Waals surface area (Å²) in [4.78, 5) is 1.28. The number of hydrogen-bond donors (Lipinski definition) is 0. The Morgan fingerprint density at radius 3 is 2.12 bits per heavy atom. The molecule has 0 fully saturated rings. The molecule has 1 aromatic heterocycles. The standard InChI is InChI=1S/C22H19NS/c1-17-20-14-8-9-15-21(20)23(16-18-10-4-2-5-11-18)22(17)24-19-12-6-3-7-13-19/h2-15H,16H2,1H3. The van der Waals surface area contributed by atoms with Crippen molar-refractivity contribution in [1.29, 1.82) is 0 Å². The first kappa shape index (κ1) is 15.1. The Hall–Kier alpha value is -2.45. The van der Waals surface area contributed by atoms with Gasteiger partial charge >= 0.3 is 0 Å². The SMILES string of the molecule is Cc1c(Sc2ccccc2)n(Cc2ccccc2)c2ccccc12. The van der Waals surface area contributed by atoms with Gasteiger partial charge in [0.1, 0.15) is 0 Å². The first-order chi connectivity index (χ1) is 11.8. The van der Waals surface area contributed by atoms with Gasteiger partial charge in [0.05, 0.1) is 5.03 Å². The summed E-state index contributed by atoms with van der Waals surface area (Å²) >= 11 is 1.85. The molecule has 24 heavy (non-hydrogen) atoms. The van der Waals surface area contributed by atoms with Crippen molar-refractivity contribution >= 4 is 22.7 Å². The van der Waals surface area contributed by atoms with Crippen LogP contribution in [-0.2, 0) is 6.54 Å². The largest absolute Gasteiger partial charge is 0.331 e. The van der Waals surface area contributed by atoms with Crippen LogP contribution in [0, 0.1) is 6.92 Å². The summed E-state index contributed by atoms with van der Waals surface area (Å²) in [5.74, 6) is 0. The Kier molecular flexibility index (Phi) is 4.14. The molecule has 0 aliphatic carbocycles. The van der Waals surface area contributed by atoms with Gasteiger partial charge in [0, 0.05) is 22.3 Å². The van der Waals surface area contributed by atoms with Crippen molar-refractivity contribution in [2.24, 2.45) is 0 Å². The minimum Gasteiger partial charge on any atom is -0.331 e. The predicted octanol–water partition coefficient (Wildman–Crippen LogP) is 6.15. The fraction of sp³-hybridized carbons (Fsp3) is 0.0909. The topological polar surface area (TPSA) is 4.93 Å². The Balaban J connectivity index is 1.84. The number of nitrogens with zero attached hydrogens (tertiary/aromatic N) is 1. The van der Waals surface area contributed by atoms with E-state index in [9.17, 15) is 0 Å². The molecule has 1 heterocycles. The van der Waals surface area contributed by atoms with Crippen LogP contribution in [0.3, 0.4) is 0 Å². The quantitative estimate of drug-likeness (QED) is 0.435. The molecule has 0 spiro atoms. The van der Waals surface area contributed by atoms with Crippen LogP contribution in [0.5, 0.6) is 0 Å². The summed E-state index contributed by atoms with van der Waals surface area (Å²) in [6.45, 7) is 3.12. The second-order valence-electron chi connectivity index (χ2n) is 5.93. The summed E-state index contributed by atoms with van der Waals surface area (Å²) in [6, 6.07) is 30.0. The predicted molar refractivity (Wildman–Crippen MR) is 103 cm³/mol. The highest BCUT2D eigenvalue weighted by Crippen LogP contribution is 2.37. The molecule has 1 nitrogen and oxygen atoms in total. The third kappa shape index (κ3) is 2.85. The van der Waals surface area contributed by atoms with Crippen LogP contribution in [-0.4, -0.2) is 4.57 Å². The van der Waals surface area contributed by atoms with Gasteiger partial charge in [-0.25, -0.2) is 0 Å². The van der Waals surface area contributed by atoms with Gasteiger partial charge in [-0.1, -0.05) is 78.5 Å². The van der Waals surface area contributed by atoms with E-state index in [4.69, 9.17) is 0 Å². The average molecular weight is 329 g/mol. The van der Waals surface area contributed by atoms with Gasteiger partial charge in [-0.2, -0.15) is 0 Å². The molecular weight excluding hydrogens is 310 g/mol. The third-order valence-corrected chi connectivity index (χ3v) is 5.53. The molecule has 2 heteroatoms. The van der Waals surface area contributed by atoms with Crippen molar-refractivity contribution in [1.82, 2.24) is 4.57 Å². The van der Waals surface area contributed by atoms with Gasteiger partial charge in [-0.05, 0) is 36.2 Å². The van der Waals surface area contributed by atoms with Crippen molar-refractivity contribution in [2.45, 2.75) is 23.4 Å². The van der Waals surface area contributed by atoms with E-state index in [1.54, 1.807) is 0 Å². The highest BCUT2D eigenvalue weighted by molar-refractivity contribution is 7.99. The number of aryl methyl sites for hydroxylation is 1. The molecule has 3 aromatic carbocycles. The van der Waals surface area contributed by atoms with Crippen LogP contribution in [0.15, 0.2) is 94.9 Å². The maximum Gasteiger partial charge on any atom is 0.0840 e. The highest BCUT2D eigenvalue weighted by atomic mass is 32.2. The summed E-state index contributed by atoms with van der Waals surface area (Å²) in [5.41, 5.74) is 3.99. The highest BCUT2D eigenvalue weighted by Gasteiger charge is 2.15. The molecule has 0 unspecified atom stereocenters. The fourth-order valence-electron chi connectivity index (χ4n) is 3.11. The lowest BCUT2D eigenvalue weighted by atomic mass is 10.2. The third-order valence-electron chi connectivity index (χ3n) is 4.31. The van der Waals surface area contributed by atoms with E-state index in [1.165, 1.54) is 32.0 Å². The van der Waals surface area contributed by atoms with Crippen LogP contribution < -0.4 is 0 Å². The molecule has 0 saturated heterocycles. The van der Waals surface area contributed by atoms with Crippen molar-refractivity contribution in [2.75, 3.05) is 0 Å². The van der Waals surface area contributed by atoms with Crippen molar-refractivity contribution in [3.8, 4) is 0 Å². The summed E-state index contributed by atoms with van der Waals surface area (Å²) in [6.07, 6.45) is 0. The number of fused-ring (bicyclic) bond motifs is 1.